The second-order valence-electron chi connectivity index (χ2n) is 5.39. The Morgan fingerprint density at radius 2 is 1.65 bits per heavy atom. The summed E-state index contributed by atoms with van der Waals surface area (Å²) in [5.41, 5.74) is 2.49. The first-order chi connectivity index (χ1) is 9.81. The lowest BCUT2D eigenvalue weighted by atomic mass is 10.2. The molecule has 0 atom stereocenters. The molecule has 1 aliphatic heterocycles. The molecule has 0 saturated carbocycles. The van der Waals surface area contributed by atoms with Crippen LogP contribution in [0, 0.1) is 6.92 Å². The van der Waals surface area contributed by atoms with Crippen LogP contribution in [0.2, 0.25) is 0 Å². The first-order valence-corrected chi connectivity index (χ1v) is 7.26. The lowest BCUT2D eigenvalue weighted by Crippen LogP contribution is -2.46. The van der Waals surface area contributed by atoms with Crippen molar-refractivity contribution in [1.82, 2.24) is 9.88 Å². The molecule has 1 aromatic heterocycles. The Labute approximate surface area is 120 Å². The van der Waals surface area contributed by atoms with Crippen LogP contribution >= 0.6 is 0 Å². The molecule has 1 aliphatic rings. The van der Waals surface area contributed by atoms with Crippen molar-refractivity contribution in [2.45, 2.75) is 13.5 Å². The van der Waals surface area contributed by atoms with Crippen LogP contribution in [0.3, 0.4) is 0 Å². The SMILES string of the molecule is Cc1cccc(N2CCN(Cc3ccccc3)CC2)n1. The van der Waals surface area contributed by atoms with Gasteiger partial charge in [-0.3, -0.25) is 4.90 Å². The van der Waals surface area contributed by atoms with Crippen molar-refractivity contribution in [2.24, 2.45) is 0 Å². The fourth-order valence-electron chi connectivity index (χ4n) is 2.68. The molecule has 104 valence electrons. The Bertz CT molecular complexity index is 545. The zero-order valence-electron chi connectivity index (χ0n) is 12.0. The zero-order chi connectivity index (χ0) is 13.8. The number of aromatic nitrogens is 1. The highest BCUT2D eigenvalue weighted by Gasteiger charge is 2.17. The van der Waals surface area contributed by atoms with Gasteiger partial charge in [0.1, 0.15) is 5.82 Å². The fraction of sp³-hybridized carbons (Fsp3) is 0.353. The molecule has 3 nitrogen and oxygen atoms in total. The third-order valence-corrected chi connectivity index (χ3v) is 3.82. The van der Waals surface area contributed by atoms with Crippen molar-refractivity contribution in [3.63, 3.8) is 0 Å². The van der Waals surface area contributed by atoms with Crippen LogP contribution < -0.4 is 4.90 Å². The molecule has 0 radical (unpaired) electrons. The molecule has 1 saturated heterocycles. The second-order valence-corrected chi connectivity index (χ2v) is 5.39. The maximum absolute atomic E-state index is 4.61. The molecule has 1 aromatic carbocycles. The molecule has 1 fully saturated rings. The lowest BCUT2D eigenvalue weighted by Gasteiger charge is -2.35. The molecule has 0 amide bonds. The molecule has 0 unspecified atom stereocenters. The Balaban J connectivity index is 1.57. The topological polar surface area (TPSA) is 19.4 Å². The van der Waals surface area contributed by atoms with E-state index >= 15 is 0 Å². The number of hydrogen-bond donors (Lipinski definition) is 0. The summed E-state index contributed by atoms with van der Waals surface area (Å²) >= 11 is 0. The van der Waals surface area contributed by atoms with Gasteiger partial charge in [0.05, 0.1) is 0 Å². The molecular weight excluding hydrogens is 246 g/mol. The van der Waals surface area contributed by atoms with Gasteiger partial charge in [-0.25, -0.2) is 4.98 Å². The van der Waals surface area contributed by atoms with Crippen LogP contribution in [-0.2, 0) is 6.54 Å². The standard InChI is InChI=1S/C17H21N3/c1-15-6-5-9-17(18-15)20-12-10-19(11-13-20)14-16-7-3-2-4-8-16/h2-9H,10-14H2,1H3. The minimum absolute atomic E-state index is 1.05. The molecule has 20 heavy (non-hydrogen) atoms. The summed E-state index contributed by atoms with van der Waals surface area (Å²) < 4.78 is 0. The second kappa shape index (κ2) is 6.06. The Hall–Kier alpha value is -1.87. The average Bonchev–Trinajstić information content (AvgIpc) is 2.49. The van der Waals surface area contributed by atoms with Crippen molar-refractivity contribution < 1.29 is 0 Å². The lowest BCUT2D eigenvalue weighted by molar-refractivity contribution is 0.249. The van der Waals surface area contributed by atoms with E-state index < -0.39 is 0 Å². The summed E-state index contributed by atoms with van der Waals surface area (Å²) in [5, 5.41) is 0. The van der Waals surface area contributed by atoms with Gasteiger partial charge in [-0.2, -0.15) is 0 Å². The molecular formula is C17H21N3. The van der Waals surface area contributed by atoms with Crippen molar-refractivity contribution in [3.8, 4) is 0 Å². The van der Waals surface area contributed by atoms with Gasteiger partial charge in [0.25, 0.3) is 0 Å². The minimum Gasteiger partial charge on any atom is -0.354 e. The molecule has 0 N–H and O–H groups in total. The van der Waals surface area contributed by atoms with E-state index in [1.54, 1.807) is 0 Å². The number of nitrogens with zero attached hydrogens (tertiary/aromatic N) is 3. The molecule has 3 rings (SSSR count). The van der Waals surface area contributed by atoms with E-state index in [4.69, 9.17) is 0 Å². The van der Waals surface area contributed by atoms with Gasteiger partial charge in [-0.05, 0) is 24.6 Å². The van der Waals surface area contributed by atoms with Gasteiger partial charge < -0.3 is 4.90 Å². The first kappa shape index (κ1) is 13.1. The van der Waals surface area contributed by atoms with Gasteiger partial charge in [0, 0.05) is 38.4 Å². The third-order valence-electron chi connectivity index (χ3n) is 3.82. The number of piperazine rings is 1. The summed E-state index contributed by atoms with van der Waals surface area (Å²) in [6.07, 6.45) is 0. The quantitative estimate of drug-likeness (QED) is 0.852. The Morgan fingerprint density at radius 3 is 2.35 bits per heavy atom. The van der Waals surface area contributed by atoms with Crippen LogP contribution in [0.15, 0.2) is 48.5 Å². The zero-order valence-corrected chi connectivity index (χ0v) is 12.0. The highest BCUT2D eigenvalue weighted by Crippen LogP contribution is 2.15. The number of benzene rings is 1. The van der Waals surface area contributed by atoms with Crippen LogP contribution in [0.4, 0.5) is 5.82 Å². The van der Waals surface area contributed by atoms with Crippen molar-refractivity contribution in [3.05, 3.63) is 59.8 Å². The normalized spacial score (nSPS) is 16.4. The highest BCUT2D eigenvalue weighted by molar-refractivity contribution is 5.39. The molecule has 0 bridgehead atoms. The number of pyridine rings is 1. The van der Waals surface area contributed by atoms with E-state index in [-0.39, 0.29) is 0 Å². The minimum atomic E-state index is 1.05. The maximum atomic E-state index is 4.61. The monoisotopic (exact) mass is 267 g/mol. The molecule has 0 aliphatic carbocycles. The van der Waals surface area contributed by atoms with E-state index in [2.05, 4.69) is 70.2 Å². The Morgan fingerprint density at radius 1 is 0.900 bits per heavy atom. The molecule has 2 heterocycles. The predicted octanol–water partition coefficient (Wildman–Crippen LogP) is 2.71. The molecule has 3 heteroatoms. The number of aryl methyl sites for hydroxylation is 1. The summed E-state index contributed by atoms with van der Waals surface area (Å²) in [4.78, 5) is 9.51. The van der Waals surface area contributed by atoms with Gasteiger partial charge in [-0.15, -0.1) is 0 Å². The average molecular weight is 267 g/mol. The van der Waals surface area contributed by atoms with E-state index in [0.717, 1.165) is 44.2 Å². The number of hydrogen-bond acceptors (Lipinski definition) is 3. The first-order valence-electron chi connectivity index (χ1n) is 7.26. The van der Waals surface area contributed by atoms with E-state index in [1.807, 2.05) is 0 Å². The molecule has 2 aromatic rings. The highest BCUT2D eigenvalue weighted by atomic mass is 15.3. The maximum Gasteiger partial charge on any atom is 0.128 e. The van der Waals surface area contributed by atoms with Gasteiger partial charge in [0.15, 0.2) is 0 Å². The van der Waals surface area contributed by atoms with Crippen molar-refractivity contribution >= 4 is 5.82 Å². The van der Waals surface area contributed by atoms with Crippen LogP contribution in [0.1, 0.15) is 11.3 Å². The summed E-state index contributed by atoms with van der Waals surface area (Å²) in [6, 6.07) is 17.0. The van der Waals surface area contributed by atoms with Gasteiger partial charge >= 0.3 is 0 Å². The van der Waals surface area contributed by atoms with Crippen LogP contribution in [0.5, 0.6) is 0 Å². The van der Waals surface area contributed by atoms with E-state index in [1.165, 1.54) is 5.56 Å². The van der Waals surface area contributed by atoms with Gasteiger partial charge in [-0.1, -0.05) is 36.4 Å². The number of anilines is 1. The molecule has 0 spiro atoms. The predicted molar refractivity (Wildman–Crippen MR) is 82.9 cm³/mol. The van der Waals surface area contributed by atoms with E-state index in [9.17, 15) is 0 Å². The van der Waals surface area contributed by atoms with Crippen molar-refractivity contribution in [2.75, 3.05) is 31.1 Å². The van der Waals surface area contributed by atoms with Crippen LogP contribution in [0.25, 0.3) is 0 Å². The summed E-state index contributed by atoms with van der Waals surface area (Å²) in [5.74, 6) is 1.12. The fourth-order valence-corrected chi connectivity index (χ4v) is 2.68. The summed E-state index contributed by atoms with van der Waals surface area (Å²) in [7, 11) is 0. The van der Waals surface area contributed by atoms with Crippen molar-refractivity contribution in [1.29, 1.82) is 0 Å². The summed E-state index contributed by atoms with van der Waals surface area (Å²) in [6.45, 7) is 7.42. The third kappa shape index (κ3) is 3.17. The van der Waals surface area contributed by atoms with E-state index in [0.29, 0.717) is 0 Å². The largest absolute Gasteiger partial charge is 0.354 e. The van der Waals surface area contributed by atoms with Crippen LogP contribution in [-0.4, -0.2) is 36.1 Å². The number of rotatable bonds is 3. The smallest absolute Gasteiger partial charge is 0.128 e. The van der Waals surface area contributed by atoms with Gasteiger partial charge in [0.2, 0.25) is 0 Å². The Kier molecular flexibility index (Phi) is 3.97.